The van der Waals surface area contributed by atoms with E-state index in [1.165, 1.54) is 6.26 Å². The van der Waals surface area contributed by atoms with Gasteiger partial charge in [0.25, 0.3) is 5.91 Å². The number of benzene rings is 1. The third kappa shape index (κ3) is 2.77. The summed E-state index contributed by atoms with van der Waals surface area (Å²) in [5.41, 5.74) is 6.26. The largest absolute Gasteiger partial charge is 0.495 e. The highest BCUT2D eigenvalue weighted by atomic mass is 16.5. The molecule has 0 aliphatic carbocycles. The van der Waals surface area contributed by atoms with Crippen LogP contribution in [0.3, 0.4) is 0 Å². The lowest BCUT2D eigenvalue weighted by Crippen LogP contribution is -2.35. The van der Waals surface area contributed by atoms with E-state index < -0.39 is 0 Å². The number of carbonyl (C=O) groups excluding carboxylic acids is 1. The average molecular weight is 260 g/mol. The van der Waals surface area contributed by atoms with Crippen LogP contribution in [-0.4, -0.2) is 26.1 Å². The highest BCUT2D eigenvalue weighted by Gasteiger charge is 2.21. The summed E-state index contributed by atoms with van der Waals surface area (Å²) in [4.78, 5) is 13.9. The molecule has 0 atom stereocenters. The minimum atomic E-state index is -0.236. The highest BCUT2D eigenvalue weighted by molar-refractivity contribution is 6.05. The molecule has 0 aliphatic rings. The van der Waals surface area contributed by atoms with E-state index >= 15 is 0 Å². The minimum Gasteiger partial charge on any atom is -0.495 e. The summed E-state index contributed by atoms with van der Waals surface area (Å²) < 4.78 is 10.4. The van der Waals surface area contributed by atoms with E-state index in [4.69, 9.17) is 14.9 Å². The van der Waals surface area contributed by atoms with Gasteiger partial charge in [-0.15, -0.1) is 0 Å². The molecule has 0 saturated carbocycles. The zero-order valence-corrected chi connectivity index (χ0v) is 10.7. The van der Waals surface area contributed by atoms with Crippen LogP contribution < -0.4 is 15.4 Å². The lowest BCUT2D eigenvalue weighted by Gasteiger charge is -2.23. The fourth-order valence-electron chi connectivity index (χ4n) is 1.85. The maximum atomic E-state index is 12.4. The predicted octanol–water partition coefficient (Wildman–Crippen LogP) is 1.89. The molecule has 1 heterocycles. The van der Waals surface area contributed by atoms with Gasteiger partial charge < -0.3 is 19.8 Å². The van der Waals surface area contributed by atoms with E-state index in [0.29, 0.717) is 24.5 Å². The Morgan fingerprint density at radius 1 is 1.32 bits per heavy atom. The maximum absolute atomic E-state index is 12.4. The van der Waals surface area contributed by atoms with E-state index in [1.807, 2.05) is 18.2 Å². The van der Waals surface area contributed by atoms with Gasteiger partial charge in [-0.3, -0.25) is 4.79 Å². The van der Waals surface area contributed by atoms with Crippen LogP contribution in [-0.2, 0) is 0 Å². The first-order valence-corrected chi connectivity index (χ1v) is 5.96. The Bertz CT molecular complexity index is 537. The standard InChI is InChI=1S/C14H16N2O3/c1-18-12-6-3-2-5-11(12)16(9-8-15)14(17)13-7-4-10-19-13/h2-7,10H,8-9,15H2,1H3. The summed E-state index contributed by atoms with van der Waals surface area (Å²) in [5.74, 6) is 0.662. The Balaban J connectivity index is 2.37. The molecule has 0 fully saturated rings. The fourth-order valence-corrected chi connectivity index (χ4v) is 1.85. The van der Waals surface area contributed by atoms with Crippen LogP contribution in [0, 0.1) is 0 Å². The molecule has 1 amide bonds. The van der Waals surface area contributed by atoms with Gasteiger partial charge in [0.1, 0.15) is 5.75 Å². The van der Waals surface area contributed by atoms with Crippen molar-refractivity contribution in [3.05, 3.63) is 48.4 Å². The van der Waals surface area contributed by atoms with Crippen molar-refractivity contribution in [1.82, 2.24) is 0 Å². The van der Waals surface area contributed by atoms with Crippen LogP contribution in [0.5, 0.6) is 5.75 Å². The molecule has 0 saturated heterocycles. The van der Waals surface area contributed by atoms with Crippen molar-refractivity contribution in [3.63, 3.8) is 0 Å². The molecule has 0 aliphatic heterocycles. The predicted molar refractivity (Wildman–Crippen MR) is 72.4 cm³/mol. The van der Waals surface area contributed by atoms with E-state index in [1.54, 1.807) is 30.2 Å². The molecule has 2 rings (SSSR count). The van der Waals surface area contributed by atoms with Gasteiger partial charge in [0.05, 0.1) is 19.1 Å². The monoisotopic (exact) mass is 260 g/mol. The number of nitrogens with zero attached hydrogens (tertiary/aromatic N) is 1. The van der Waals surface area contributed by atoms with Gasteiger partial charge in [0.2, 0.25) is 0 Å². The second kappa shape index (κ2) is 6.06. The van der Waals surface area contributed by atoms with Crippen molar-refractivity contribution in [2.75, 3.05) is 25.1 Å². The number of nitrogens with two attached hydrogens (primary N) is 1. The first kappa shape index (κ1) is 13.2. The van der Waals surface area contributed by atoms with Gasteiger partial charge in [-0.2, -0.15) is 0 Å². The molecule has 0 spiro atoms. The highest BCUT2D eigenvalue weighted by Crippen LogP contribution is 2.28. The van der Waals surface area contributed by atoms with Gasteiger partial charge in [-0.25, -0.2) is 0 Å². The summed E-state index contributed by atoms with van der Waals surface area (Å²) >= 11 is 0. The molecule has 1 aromatic carbocycles. The van der Waals surface area contributed by atoms with Crippen LogP contribution in [0.4, 0.5) is 5.69 Å². The molecule has 2 aromatic rings. The first-order valence-electron chi connectivity index (χ1n) is 5.96. The number of hydrogen-bond donors (Lipinski definition) is 1. The third-order valence-corrected chi connectivity index (χ3v) is 2.71. The number of para-hydroxylation sites is 2. The van der Waals surface area contributed by atoms with E-state index in [9.17, 15) is 4.79 Å². The van der Waals surface area contributed by atoms with Crippen molar-refractivity contribution in [2.45, 2.75) is 0 Å². The van der Waals surface area contributed by atoms with Crippen LogP contribution >= 0.6 is 0 Å². The zero-order valence-electron chi connectivity index (χ0n) is 10.7. The summed E-state index contributed by atoms with van der Waals surface area (Å²) in [5, 5.41) is 0. The molecule has 1 aromatic heterocycles. The van der Waals surface area contributed by atoms with Crippen molar-refractivity contribution < 1.29 is 13.9 Å². The topological polar surface area (TPSA) is 68.7 Å². The smallest absolute Gasteiger partial charge is 0.294 e. The molecule has 5 nitrogen and oxygen atoms in total. The van der Waals surface area contributed by atoms with Gasteiger partial charge in [-0.05, 0) is 24.3 Å². The van der Waals surface area contributed by atoms with Crippen LogP contribution in [0.2, 0.25) is 0 Å². The lowest BCUT2D eigenvalue weighted by atomic mass is 10.2. The molecule has 2 N–H and O–H groups in total. The lowest BCUT2D eigenvalue weighted by molar-refractivity contribution is 0.0960. The number of amides is 1. The molecule has 0 radical (unpaired) electrons. The molecule has 19 heavy (non-hydrogen) atoms. The average Bonchev–Trinajstić information content (AvgIpc) is 2.98. The van der Waals surface area contributed by atoms with Gasteiger partial charge in [0.15, 0.2) is 5.76 Å². The number of rotatable bonds is 5. The molecule has 5 heteroatoms. The van der Waals surface area contributed by atoms with E-state index in [-0.39, 0.29) is 11.7 Å². The Labute approximate surface area is 111 Å². The van der Waals surface area contributed by atoms with Crippen molar-refractivity contribution in [1.29, 1.82) is 0 Å². The SMILES string of the molecule is COc1ccccc1N(CCN)C(=O)c1ccco1. The number of anilines is 1. The number of hydrogen-bond acceptors (Lipinski definition) is 4. The normalized spacial score (nSPS) is 10.2. The van der Waals surface area contributed by atoms with Gasteiger partial charge in [0, 0.05) is 13.1 Å². The maximum Gasteiger partial charge on any atom is 0.294 e. The van der Waals surface area contributed by atoms with Crippen LogP contribution in [0.15, 0.2) is 47.1 Å². The third-order valence-electron chi connectivity index (χ3n) is 2.71. The molecule has 0 bridgehead atoms. The first-order chi connectivity index (χ1) is 9.27. The fraction of sp³-hybridized carbons (Fsp3) is 0.214. The summed E-state index contributed by atoms with van der Waals surface area (Å²) in [6.07, 6.45) is 1.47. The van der Waals surface area contributed by atoms with Crippen molar-refractivity contribution >= 4 is 11.6 Å². The molecule has 100 valence electrons. The Morgan fingerprint density at radius 3 is 2.74 bits per heavy atom. The zero-order chi connectivity index (χ0) is 13.7. The van der Waals surface area contributed by atoms with E-state index in [2.05, 4.69) is 0 Å². The minimum absolute atomic E-state index is 0.236. The molecular formula is C14H16N2O3. The van der Waals surface area contributed by atoms with Gasteiger partial charge in [-0.1, -0.05) is 12.1 Å². The Morgan fingerprint density at radius 2 is 2.11 bits per heavy atom. The summed E-state index contributed by atoms with van der Waals surface area (Å²) in [7, 11) is 1.57. The second-order valence-corrected chi connectivity index (χ2v) is 3.89. The summed E-state index contributed by atoms with van der Waals surface area (Å²) in [6.45, 7) is 0.740. The molecule has 0 unspecified atom stereocenters. The van der Waals surface area contributed by atoms with Gasteiger partial charge >= 0.3 is 0 Å². The van der Waals surface area contributed by atoms with E-state index in [0.717, 1.165) is 0 Å². The molecular weight excluding hydrogens is 244 g/mol. The number of ether oxygens (including phenoxy) is 1. The van der Waals surface area contributed by atoms with Crippen molar-refractivity contribution in [3.8, 4) is 5.75 Å². The Hall–Kier alpha value is -2.27. The van der Waals surface area contributed by atoms with Crippen LogP contribution in [0.25, 0.3) is 0 Å². The Kier molecular flexibility index (Phi) is 4.20. The van der Waals surface area contributed by atoms with Crippen LogP contribution in [0.1, 0.15) is 10.6 Å². The second-order valence-electron chi connectivity index (χ2n) is 3.89. The summed E-state index contributed by atoms with van der Waals surface area (Å²) in [6, 6.07) is 10.6. The number of methoxy groups -OCH3 is 1. The number of carbonyl (C=O) groups is 1. The number of furan rings is 1. The van der Waals surface area contributed by atoms with Crippen molar-refractivity contribution in [2.24, 2.45) is 5.73 Å². The quantitative estimate of drug-likeness (QED) is 0.891.